The Morgan fingerprint density at radius 1 is 1.20 bits per heavy atom. The first-order valence-electron chi connectivity index (χ1n) is 6.85. The fourth-order valence-electron chi connectivity index (χ4n) is 2.04. The maximum Gasteiger partial charge on any atom is 0.171 e. The Labute approximate surface area is 121 Å². The summed E-state index contributed by atoms with van der Waals surface area (Å²) in [5, 5.41) is 20.7. The zero-order chi connectivity index (χ0) is 15.3. The third-order valence-electron chi connectivity index (χ3n) is 3.25. The van der Waals surface area contributed by atoms with Crippen molar-refractivity contribution in [1.82, 2.24) is 0 Å². The highest BCUT2D eigenvalue weighted by molar-refractivity contribution is 5.72. The van der Waals surface area contributed by atoms with Crippen LogP contribution in [0.2, 0.25) is 0 Å². The fourth-order valence-corrected chi connectivity index (χ4v) is 2.04. The number of phenols is 2. The van der Waals surface area contributed by atoms with Crippen LogP contribution in [0.5, 0.6) is 17.2 Å². The molecule has 0 saturated carbocycles. The van der Waals surface area contributed by atoms with E-state index in [0.29, 0.717) is 23.3 Å². The van der Waals surface area contributed by atoms with Gasteiger partial charge in [-0.2, -0.15) is 0 Å². The predicted octanol–water partition coefficient (Wildman–Crippen LogP) is 4.35. The van der Waals surface area contributed by atoms with Crippen LogP contribution in [0.25, 0.3) is 6.08 Å². The van der Waals surface area contributed by atoms with Crippen LogP contribution >= 0.6 is 0 Å². The predicted molar refractivity (Wildman–Crippen MR) is 83.5 cm³/mol. The molecule has 0 unspecified atom stereocenters. The van der Waals surface area contributed by atoms with Gasteiger partial charge in [0.15, 0.2) is 11.5 Å². The van der Waals surface area contributed by atoms with Crippen LogP contribution in [0.15, 0.2) is 17.7 Å². The molecule has 0 spiro atoms. The Balaban J connectivity index is 3.49. The number of phenolic OH excluding ortho intramolecular Hbond substituents is 2. The van der Waals surface area contributed by atoms with Crippen molar-refractivity contribution in [3.63, 3.8) is 0 Å². The number of rotatable bonds is 5. The molecule has 3 heteroatoms. The summed E-state index contributed by atoms with van der Waals surface area (Å²) in [7, 11) is 1.49. The van der Waals surface area contributed by atoms with E-state index in [1.165, 1.54) is 12.7 Å². The lowest BCUT2D eigenvalue weighted by molar-refractivity contribution is 0.364. The van der Waals surface area contributed by atoms with Crippen molar-refractivity contribution < 1.29 is 14.9 Å². The van der Waals surface area contributed by atoms with Crippen molar-refractivity contribution in [2.24, 2.45) is 0 Å². The van der Waals surface area contributed by atoms with Crippen molar-refractivity contribution in [2.45, 2.75) is 40.5 Å². The lowest BCUT2D eigenvalue weighted by atomic mass is 9.97. The van der Waals surface area contributed by atoms with Crippen LogP contribution in [-0.2, 0) is 6.42 Å². The van der Waals surface area contributed by atoms with Gasteiger partial charge in [-0.1, -0.05) is 30.7 Å². The fraction of sp³-hybridized carbons (Fsp3) is 0.412. The minimum Gasteiger partial charge on any atom is -0.507 e. The quantitative estimate of drug-likeness (QED) is 0.621. The highest BCUT2D eigenvalue weighted by Gasteiger charge is 2.19. The summed E-state index contributed by atoms with van der Waals surface area (Å²) in [6, 6.07) is 0. The second kappa shape index (κ2) is 7.04. The average Bonchev–Trinajstić information content (AvgIpc) is 2.41. The number of aromatic hydroxyl groups is 2. The molecular weight excluding hydrogens is 252 g/mol. The summed E-state index contributed by atoms with van der Waals surface area (Å²) >= 11 is 0. The van der Waals surface area contributed by atoms with E-state index in [9.17, 15) is 10.2 Å². The summed E-state index contributed by atoms with van der Waals surface area (Å²) < 4.78 is 5.24. The topological polar surface area (TPSA) is 49.7 Å². The van der Waals surface area contributed by atoms with Gasteiger partial charge in [-0.15, -0.1) is 0 Å². The number of allylic oxidation sites excluding steroid dienone is 3. The van der Waals surface area contributed by atoms with E-state index in [1.54, 1.807) is 13.0 Å². The molecule has 0 aliphatic carbocycles. The second-order valence-corrected chi connectivity index (χ2v) is 5.04. The molecule has 0 saturated heterocycles. The monoisotopic (exact) mass is 276 g/mol. The number of hydrogen-bond donors (Lipinski definition) is 2. The Hall–Kier alpha value is -1.90. The highest BCUT2D eigenvalue weighted by Crippen LogP contribution is 2.43. The van der Waals surface area contributed by atoms with Gasteiger partial charge in [-0.25, -0.2) is 0 Å². The zero-order valence-corrected chi connectivity index (χ0v) is 12.9. The van der Waals surface area contributed by atoms with Gasteiger partial charge in [0.25, 0.3) is 0 Å². The smallest absolute Gasteiger partial charge is 0.171 e. The van der Waals surface area contributed by atoms with Crippen LogP contribution in [0.1, 0.15) is 43.9 Å². The molecule has 0 radical (unpaired) electrons. The average molecular weight is 276 g/mol. The molecule has 0 amide bonds. The summed E-state index contributed by atoms with van der Waals surface area (Å²) in [6.45, 7) is 7.82. The molecule has 1 rings (SSSR count). The van der Waals surface area contributed by atoms with Gasteiger partial charge in [-0.3, -0.25) is 0 Å². The Bertz CT molecular complexity index is 536. The molecule has 0 heterocycles. The molecule has 0 atom stereocenters. The first-order valence-corrected chi connectivity index (χ1v) is 6.85. The minimum atomic E-state index is 0.0956. The van der Waals surface area contributed by atoms with Gasteiger partial charge in [0.05, 0.1) is 12.7 Å². The minimum absolute atomic E-state index is 0.0956. The normalized spacial score (nSPS) is 10.8. The SMILES string of the molecule is CCC=Cc1c(O)c(CC=C(C)C)c(C)c(O)c1OC. The number of methoxy groups -OCH3 is 1. The van der Waals surface area contributed by atoms with Crippen molar-refractivity contribution >= 4 is 6.08 Å². The van der Waals surface area contributed by atoms with Crippen molar-refractivity contribution in [1.29, 1.82) is 0 Å². The van der Waals surface area contributed by atoms with Gasteiger partial charge in [0, 0.05) is 11.1 Å². The standard InChI is InChI=1S/C17H24O3/c1-6-7-8-14-16(19)13(10-9-11(2)3)12(4)15(18)17(14)20-5/h7-9,18-19H,6,10H2,1-5H3. The molecule has 0 aliphatic heterocycles. The van der Waals surface area contributed by atoms with Gasteiger partial charge in [0.2, 0.25) is 0 Å². The van der Waals surface area contributed by atoms with E-state index in [1.807, 2.05) is 32.9 Å². The molecule has 3 nitrogen and oxygen atoms in total. The van der Waals surface area contributed by atoms with E-state index in [2.05, 4.69) is 0 Å². The third kappa shape index (κ3) is 3.35. The van der Waals surface area contributed by atoms with E-state index >= 15 is 0 Å². The third-order valence-corrected chi connectivity index (χ3v) is 3.25. The largest absolute Gasteiger partial charge is 0.507 e. The van der Waals surface area contributed by atoms with Gasteiger partial charge >= 0.3 is 0 Å². The second-order valence-electron chi connectivity index (χ2n) is 5.04. The summed E-state index contributed by atoms with van der Waals surface area (Å²) in [6.07, 6.45) is 7.18. The molecular formula is C17H24O3. The Kier molecular flexibility index (Phi) is 5.68. The lowest BCUT2D eigenvalue weighted by Crippen LogP contribution is -1.97. The van der Waals surface area contributed by atoms with Crippen LogP contribution in [0, 0.1) is 6.92 Å². The molecule has 1 aromatic carbocycles. The van der Waals surface area contributed by atoms with Crippen LogP contribution in [0.3, 0.4) is 0 Å². The van der Waals surface area contributed by atoms with Crippen molar-refractivity contribution in [2.75, 3.05) is 7.11 Å². The molecule has 0 fully saturated rings. The molecule has 0 aromatic heterocycles. The molecule has 110 valence electrons. The van der Waals surface area contributed by atoms with Crippen molar-refractivity contribution in [3.05, 3.63) is 34.4 Å². The molecule has 1 aromatic rings. The number of hydrogen-bond acceptors (Lipinski definition) is 3. The van der Waals surface area contributed by atoms with Crippen molar-refractivity contribution in [3.8, 4) is 17.2 Å². The van der Waals surface area contributed by atoms with Crippen LogP contribution < -0.4 is 4.74 Å². The Morgan fingerprint density at radius 3 is 2.35 bits per heavy atom. The molecule has 20 heavy (non-hydrogen) atoms. The van der Waals surface area contributed by atoms with E-state index in [4.69, 9.17) is 4.74 Å². The van der Waals surface area contributed by atoms with Gasteiger partial charge in [0.1, 0.15) is 5.75 Å². The summed E-state index contributed by atoms with van der Waals surface area (Å²) in [4.78, 5) is 0. The number of ether oxygens (including phenoxy) is 1. The van der Waals surface area contributed by atoms with Gasteiger partial charge < -0.3 is 14.9 Å². The van der Waals surface area contributed by atoms with E-state index in [-0.39, 0.29) is 11.5 Å². The maximum atomic E-state index is 10.5. The molecule has 0 aliphatic rings. The summed E-state index contributed by atoms with van der Waals surface area (Å²) in [5.74, 6) is 0.600. The summed E-state index contributed by atoms with van der Waals surface area (Å²) in [5.41, 5.74) is 3.10. The maximum absolute atomic E-state index is 10.5. The Morgan fingerprint density at radius 2 is 1.85 bits per heavy atom. The molecule has 2 N–H and O–H groups in total. The van der Waals surface area contributed by atoms with Gasteiger partial charge in [-0.05, 0) is 33.6 Å². The van der Waals surface area contributed by atoms with E-state index < -0.39 is 0 Å². The van der Waals surface area contributed by atoms with Crippen LogP contribution in [0.4, 0.5) is 0 Å². The first-order chi connectivity index (χ1) is 9.43. The van der Waals surface area contributed by atoms with Crippen LogP contribution in [-0.4, -0.2) is 17.3 Å². The van der Waals surface area contributed by atoms with E-state index in [0.717, 1.165) is 12.0 Å². The zero-order valence-electron chi connectivity index (χ0n) is 12.9. The number of benzene rings is 1. The molecule has 0 bridgehead atoms. The lowest BCUT2D eigenvalue weighted by Gasteiger charge is -2.16. The highest BCUT2D eigenvalue weighted by atomic mass is 16.5. The first kappa shape index (κ1) is 16.2.